The van der Waals surface area contributed by atoms with Crippen LogP contribution in [0, 0.1) is 0 Å². The first-order chi connectivity index (χ1) is 11.2. The lowest BCUT2D eigenvalue weighted by molar-refractivity contribution is 0.00578. The average Bonchev–Trinajstić information content (AvgIpc) is 2.75. The molecule has 0 spiro atoms. The Balaban J connectivity index is 1.86. The summed E-state index contributed by atoms with van der Waals surface area (Å²) in [7, 11) is -0.512. The zero-order valence-electron chi connectivity index (χ0n) is 14.9. The summed E-state index contributed by atoms with van der Waals surface area (Å²) in [5.41, 5.74) is 0.559. The van der Waals surface area contributed by atoms with Gasteiger partial charge >= 0.3 is 7.12 Å². The summed E-state index contributed by atoms with van der Waals surface area (Å²) in [5, 5.41) is 0.530. The van der Waals surface area contributed by atoms with Crippen LogP contribution < -0.4 is 5.46 Å². The molecule has 2 fully saturated rings. The van der Waals surface area contributed by atoms with Gasteiger partial charge < -0.3 is 14.2 Å². The molecule has 0 atom stereocenters. The van der Waals surface area contributed by atoms with Crippen LogP contribution in [0.5, 0.6) is 0 Å². The zero-order chi connectivity index (χ0) is 17.5. The van der Waals surface area contributed by atoms with E-state index in [4.69, 9.17) is 20.9 Å². The van der Waals surface area contributed by atoms with E-state index in [1.165, 1.54) is 6.42 Å². The predicted octanol–water partition coefficient (Wildman–Crippen LogP) is 3.27. The summed E-state index contributed by atoms with van der Waals surface area (Å²) >= 11 is 6.27. The van der Waals surface area contributed by atoms with E-state index in [1.54, 1.807) is 6.07 Å². The molecule has 1 aromatic rings. The van der Waals surface area contributed by atoms with E-state index >= 15 is 0 Å². The molecule has 0 bridgehead atoms. The van der Waals surface area contributed by atoms with E-state index in [0.717, 1.165) is 31.4 Å². The smallest absolute Gasteiger partial charge is 0.399 e. The fourth-order valence-electron chi connectivity index (χ4n) is 3.13. The SMILES string of the molecule is CC1(C)OB(c2cc(Cl)cc(C(=O)N3CCCCC3)c2)OC1(C)C. The highest BCUT2D eigenvalue weighted by Gasteiger charge is 2.51. The molecule has 0 unspecified atom stereocenters. The molecule has 3 rings (SSSR count). The van der Waals surface area contributed by atoms with Gasteiger partial charge in [-0.3, -0.25) is 4.79 Å². The summed E-state index contributed by atoms with van der Waals surface area (Å²) in [5.74, 6) is 0.0370. The second-order valence-electron chi connectivity index (χ2n) is 7.71. The topological polar surface area (TPSA) is 38.8 Å². The van der Waals surface area contributed by atoms with E-state index in [9.17, 15) is 4.79 Å². The molecule has 24 heavy (non-hydrogen) atoms. The van der Waals surface area contributed by atoms with Crippen molar-refractivity contribution in [2.75, 3.05) is 13.1 Å². The Bertz CT molecular complexity index is 625. The molecule has 1 aromatic carbocycles. The Morgan fingerprint density at radius 1 is 1.04 bits per heavy atom. The summed E-state index contributed by atoms with van der Waals surface area (Å²) in [6, 6.07) is 5.40. The number of piperidine rings is 1. The van der Waals surface area contributed by atoms with Gasteiger partial charge in [-0.1, -0.05) is 11.6 Å². The van der Waals surface area contributed by atoms with Gasteiger partial charge in [0.2, 0.25) is 0 Å². The van der Waals surface area contributed by atoms with Crippen molar-refractivity contribution in [1.29, 1.82) is 0 Å². The van der Waals surface area contributed by atoms with Gasteiger partial charge in [0, 0.05) is 23.7 Å². The van der Waals surface area contributed by atoms with Gasteiger partial charge in [0.15, 0.2) is 0 Å². The number of hydrogen-bond donors (Lipinski definition) is 0. The van der Waals surface area contributed by atoms with E-state index in [1.807, 2.05) is 44.7 Å². The first-order valence-corrected chi connectivity index (χ1v) is 9.03. The largest absolute Gasteiger partial charge is 0.494 e. The lowest BCUT2D eigenvalue weighted by Crippen LogP contribution is -2.41. The minimum absolute atomic E-state index is 0.0370. The van der Waals surface area contributed by atoms with Crippen LogP contribution in [0.25, 0.3) is 0 Å². The average molecular weight is 350 g/mol. The molecule has 130 valence electrons. The lowest BCUT2D eigenvalue weighted by Gasteiger charge is -2.32. The Kier molecular flexibility index (Phi) is 4.71. The van der Waals surface area contributed by atoms with E-state index in [2.05, 4.69) is 0 Å². The van der Waals surface area contributed by atoms with Crippen LogP contribution in [-0.4, -0.2) is 42.2 Å². The van der Waals surface area contributed by atoms with Crippen LogP contribution in [0.1, 0.15) is 57.3 Å². The van der Waals surface area contributed by atoms with Crippen molar-refractivity contribution in [3.05, 3.63) is 28.8 Å². The highest BCUT2D eigenvalue weighted by Crippen LogP contribution is 2.36. The van der Waals surface area contributed by atoms with Gasteiger partial charge in [0.1, 0.15) is 0 Å². The van der Waals surface area contributed by atoms with Crippen LogP contribution >= 0.6 is 11.6 Å². The highest BCUT2D eigenvalue weighted by atomic mass is 35.5. The molecule has 2 saturated heterocycles. The maximum absolute atomic E-state index is 12.8. The van der Waals surface area contributed by atoms with Gasteiger partial charge in [0.25, 0.3) is 5.91 Å². The molecule has 6 heteroatoms. The Hall–Kier alpha value is -1.04. The monoisotopic (exact) mass is 349 g/mol. The minimum Gasteiger partial charge on any atom is -0.399 e. The van der Waals surface area contributed by atoms with Gasteiger partial charge in [0.05, 0.1) is 11.2 Å². The quantitative estimate of drug-likeness (QED) is 0.769. The summed E-state index contributed by atoms with van der Waals surface area (Å²) < 4.78 is 12.2. The Labute approximate surface area is 149 Å². The normalized spacial score (nSPS) is 22.7. The van der Waals surface area contributed by atoms with Crippen molar-refractivity contribution in [2.24, 2.45) is 0 Å². The highest BCUT2D eigenvalue weighted by molar-refractivity contribution is 6.62. The van der Waals surface area contributed by atoms with Crippen molar-refractivity contribution in [1.82, 2.24) is 4.90 Å². The molecule has 4 nitrogen and oxygen atoms in total. The minimum atomic E-state index is -0.512. The molecule has 0 N–H and O–H groups in total. The van der Waals surface area contributed by atoms with Crippen LogP contribution in [0.15, 0.2) is 18.2 Å². The maximum Gasteiger partial charge on any atom is 0.494 e. The molecule has 0 radical (unpaired) electrons. The Morgan fingerprint density at radius 2 is 1.62 bits per heavy atom. The van der Waals surface area contributed by atoms with Gasteiger partial charge in [-0.2, -0.15) is 0 Å². The fourth-order valence-corrected chi connectivity index (χ4v) is 3.37. The predicted molar refractivity (Wildman–Crippen MR) is 96.9 cm³/mol. The number of amides is 1. The van der Waals surface area contributed by atoms with Crippen LogP contribution in [-0.2, 0) is 9.31 Å². The summed E-state index contributed by atoms with van der Waals surface area (Å²) in [4.78, 5) is 14.7. The van der Waals surface area contributed by atoms with Crippen LogP contribution in [0.3, 0.4) is 0 Å². The van der Waals surface area contributed by atoms with Gasteiger partial charge in [-0.15, -0.1) is 0 Å². The van der Waals surface area contributed by atoms with E-state index < -0.39 is 18.3 Å². The van der Waals surface area contributed by atoms with Crippen molar-refractivity contribution in [3.8, 4) is 0 Å². The van der Waals surface area contributed by atoms with Crippen LogP contribution in [0.4, 0.5) is 0 Å². The maximum atomic E-state index is 12.8. The second-order valence-corrected chi connectivity index (χ2v) is 8.15. The molecule has 0 saturated carbocycles. The number of nitrogens with zero attached hydrogens (tertiary/aromatic N) is 1. The third kappa shape index (κ3) is 3.35. The molecule has 0 aliphatic carbocycles. The van der Waals surface area contributed by atoms with Crippen molar-refractivity contribution in [3.63, 3.8) is 0 Å². The zero-order valence-corrected chi connectivity index (χ0v) is 15.7. The third-order valence-corrected chi connectivity index (χ3v) is 5.55. The number of likely N-dealkylation sites (tertiary alicyclic amines) is 1. The van der Waals surface area contributed by atoms with Crippen molar-refractivity contribution < 1.29 is 14.1 Å². The standard InChI is InChI=1S/C18H25BClNO3/c1-17(2)18(3,4)24-19(23-17)14-10-13(11-15(20)12-14)16(22)21-8-6-5-7-9-21/h10-12H,5-9H2,1-4H3. The number of benzene rings is 1. The van der Waals surface area contributed by atoms with E-state index in [-0.39, 0.29) is 5.91 Å². The number of carbonyl (C=O) groups excluding carboxylic acids is 1. The summed E-state index contributed by atoms with van der Waals surface area (Å²) in [6.45, 7) is 9.68. The first kappa shape index (κ1) is 17.8. The van der Waals surface area contributed by atoms with Crippen molar-refractivity contribution >= 4 is 30.1 Å². The van der Waals surface area contributed by atoms with E-state index in [0.29, 0.717) is 10.6 Å². The number of carbonyl (C=O) groups is 1. The molecule has 2 aliphatic heterocycles. The number of halogens is 1. The van der Waals surface area contributed by atoms with Gasteiger partial charge in [-0.05, 0) is 70.6 Å². The molecule has 1 amide bonds. The number of hydrogen-bond acceptors (Lipinski definition) is 3. The molecule has 2 heterocycles. The molecule has 0 aromatic heterocycles. The third-order valence-electron chi connectivity index (χ3n) is 5.34. The van der Waals surface area contributed by atoms with Crippen LogP contribution in [0.2, 0.25) is 5.02 Å². The number of rotatable bonds is 2. The first-order valence-electron chi connectivity index (χ1n) is 8.65. The molecular weight excluding hydrogens is 324 g/mol. The second kappa shape index (κ2) is 6.36. The summed E-state index contributed by atoms with van der Waals surface area (Å²) in [6.07, 6.45) is 3.32. The molecular formula is C18H25BClNO3. The Morgan fingerprint density at radius 3 is 2.21 bits per heavy atom. The van der Waals surface area contributed by atoms with Gasteiger partial charge in [-0.25, -0.2) is 0 Å². The fraction of sp³-hybridized carbons (Fsp3) is 0.611. The molecule has 2 aliphatic rings. The van der Waals surface area contributed by atoms with Crippen molar-refractivity contribution in [2.45, 2.75) is 58.2 Å². The lowest BCUT2D eigenvalue weighted by atomic mass is 9.78.